The predicted octanol–water partition coefficient (Wildman–Crippen LogP) is 4.09. The predicted molar refractivity (Wildman–Crippen MR) is 73.0 cm³/mol. The fourth-order valence-corrected chi connectivity index (χ4v) is 2.49. The van der Waals surface area contributed by atoms with Gasteiger partial charge in [-0.1, -0.05) is 23.2 Å². The molecule has 0 fully saturated rings. The van der Waals surface area contributed by atoms with Crippen LogP contribution in [0.1, 0.15) is 9.75 Å². The van der Waals surface area contributed by atoms with Crippen molar-refractivity contribution in [2.45, 2.75) is 13.2 Å². The third kappa shape index (κ3) is 3.36. The van der Waals surface area contributed by atoms with Gasteiger partial charge in [-0.15, -0.1) is 11.3 Å². The molecule has 2 N–H and O–H groups in total. The van der Waals surface area contributed by atoms with Gasteiger partial charge in [0.15, 0.2) is 0 Å². The van der Waals surface area contributed by atoms with Gasteiger partial charge in [0, 0.05) is 27.4 Å². The van der Waals surface area contributed by atoms with E-state index in [9.17, 15) is 0 Å². The molecule has 0 saturated carbocycles. The zero-order valence-electron chi connectivity index (χ0n) is 8.95. The van der Waals surface area contributed by atoms with Crippen LogP contribution in [0.15, 0.2) is 30.3 Å². The molecular weight excluding hydrogens is 277 g/mol. The largest absolute Gasteiger partial charge is 0.486 e. The summed E-state index contributed by atoms with van der Waals surface area (Å²) in [5.74, 6) is 0.599. The monoisotopic (exact) mass is 287 g/mol. The van der Waals surface area contributed by atoms with Gasteiger partial charge in [0.25, 0.3) is 0 Å². The summed E-state index contributed by atoms with van der Waals surface area (Å²) in [6.07, 6.45) is 0. The summed E-state index contributed by atoms with van der Waals surface area (Å²) in [6.45, 7) is 1.04. The van der Waals surface area contributed by atoms with Crippen LogP contribution < -0.4 is 10.5 Å². The second-order valence-electron chi connectivity index (χ2n) is 3.44. The number of halogens is 2. The molecule has 0 aliphatic rings. The lowest BCUT2D eigenvalue weighted by Gasteiger charge is -2.06. The quantitative estimate of drug-likeness (QED) is 0.919. The van der Waals surface area contributed by atoms with Gasteiger partial charge in [0.1, 0.15) is 12.4 Å². The van der Waals surface area contributed by atoms with E-state index < -0.39 is 0 Å². The van der Waals surface area contributed by atoms with Crippen LogP contribution in [-0.2, 0) is 13.2 Å². The van der Waals surface area contributed by atoms with Gasteiger partial charge in [-0.25, -0.2) is 0 Å². The molecule has 90 valence electrons. The van der Waals surface area contributed by atoms with Gasteiger partial charge in [-0.05, 0) is 24.3 Å². The molecule has 5 heteroatoms. The Labute approximate surface area is 114 Å². The Kier molecular flexibility index (Phi) is 4.29. The summed E-state index contributed by atoms with van der Waals surface area (Å²) < 4.78 is 5.61. The van der Waals surface area contributed by atoms with E-state index in [1.807, 2.05) is 12.1 Å². The number of thiophene rings is 1. The molecule has 0 spiro atoms. The molecule has 1 aromatic heterocycles. The van der Waals surface area contributed by atoms with Gasteiger partial charge >= 0.3 is 0 Å². The number of benzene rings is 1. The molecule has 0 aliphatic heterocycles. The summed E-state index contributed by atoms with van der Waals surface area (Å²) in [6, 6.07) is 9.17. The molecule has 0 radical (unpaired) electrons. The van der Waals surface area contributed by atoms with E-state index in [0.717, 1.165) is 9.75 Å². The van der Waals surface area contributed by atoms with Gasteiger partial charge in [-0.2, -0.15) is 0 Å². The Hall–Kier alpha value is -0.740. The lowest BCUT2D eigenvalue weighted by Crippen LogP contribution is -1.93. The Morgan fingerprint density at radius 2 is 1.88 bits per heavy atom. The van der Waals surface area contributed by atoms with Crippen LogP contribution in [0.2, 0.25) is 10.0 Å². The standard InChI is InChI=1S/C12H11Cl2NOS/c13-8-1-4-11(14)12(5-8)16-7-10-3-2-9(6-15)17-10/h1-5H,6-7,15H2. The Morgan fingerprint density at radius 3 is 2.59 bits per heavy atom. The van der Waals surface area contributed by atoms with Gasteiger partial charge < -0.3 is 10.5 Å². The van der Waals surface area contributed by atoms with Crippen molar-refractivity contribution in [3.63, 3.8) is 0 Å². The van der Waals surface area contributed by atoms with Crippen molar-refractivity contribution in [2.75, 3.05) is 0 Å². The molecule has 0 unspecified atom stereocenters. The summed E-state index contributed by atoms with van der Waals surface area (Å²) in [4.78, 5) is 2.25. The number of rotatable bonds is 4. The minimum atomic E-state index is 0.477. The summed E-state index contributed by atoms with van der Waals surface area (Å²) in [5, 5.41) is 1.17. The Balaban J connectivity index is 2.04. The van der Waals surface area contributed by atoms with E-state index in [4.69, 9.17) is 33.7 Å². The maximum Gasteiger partial charge on any atom is 0.139 e. The number of nitrogens with two attached hydrogens (primary N) is 1. The summed E-state index contributed by atoms with van der Waals surface area (Å²) in [5.41, 5.74) is 5.55. The van der Waals surface area contributed by atoms with Crippen molar-refractivity contribution < 1.29 is 4.74 Å². The zero-order chi connectivity index (χ0) is 12.3. The van der Waals surface area contributed by atoms with Crippen LogP contribution in [-0.4, -0.2) is 0 Å². The molecule has 1 heterocycles. The van der Waals surface area contributed by atoms with Gasteiger partial charge in [0.05, 0.1) is 5.02 Å². The molecule has 0 amide bonds. The minimum absolute atomic E-state index is 0.477. The lowest BCUT2D eigenvalue weighted by molar-refractivity contribution is 0.310. The highest BCUT2D eigenvalue weighted by molar-refractivity contribution is 7.11. The third-order valence-corrected chi connectivity index (χ3v) is 3.81. The first kappa shape index (κ1) is 12.7. The summed E-state index contributed by atoms with van der Waals surface area (Å²) >= 11 is 13.5. The van der Waals surface area contributed by atoms with E-state index in [0.29, 0.717) is 28.9 Å². The molecule has 17 heavy (non-hydrogen) atoms. The highest BCUT2D eigenvalue weighted by Crippen LogP contribution is 2.29. The molecule has 1 aromatic carbocycles. The van der Waals surface area contributed by atoms with Crippen molar-refractivity contribution in [3.8, 4) is 5.75 Å². The maximum atomic E-state index is 5.99. The maximum absolute atomic E-state index is 5.99. The topological polar surface area (TPSA) is 35.2 Å². The fourth-order valence-electron chi connectivity index (χ4n) is 1.35. The fraction of sp³-hybridized carbons (Fsp3) is 0.167. The van der Waals surface area contributed by atoms with Crippen LogP contribution in [0.25, 0.3) is 0 Å². The zero-order valence-corrected chi connectivity index (χ0v) is 11.3. The molecule has 2 nitrogen and oxygen atoms in total. The molecule has 2 aromatic rings. The number of hydrogen-bond donors (Lipinski definition) is 1. The van der Waals surface area contributed by atoms with Crippen molar-refractivity contribution >= 4 is 34.5 Å². The second kappa shape index (κ2) is 5.74. The smallest absolute Gasteiger partial charge is 0.139 e. The molecule has 0 saturated heterocycles. The molecule has 0 aliphatic carbocycles. The van der Waals surface area contributed by atoms with Crippen LogP contribution in [0.5, 0.6) is 5.75 Å². The van der Waals surface area contributed by atoms with E-state index in [-0.39, 0.29) is 0 Å². The number of ether oxygens (including phenoxy) is 1. The minimum Gasteiger partial charge on any atom is -0.486 e. The second-order valence-corrected chi connectivity index (χ2v) is 5.53. The number of hydrogen-bond acceptors (Lipinski definition) is 3. The molecule has 2 rings (SSSR count). The van der Waals surface area contributed by atoms with Gasteiger partial charge in [-0.3, -0.25) is 0 Å². The van der Waals surface area contributed by atoms with E-state index >= 15 is 0 Å². The van der Waals surface area contributed by atoms with E-state index in [1.165, 1.54) is 0 Å². The first-order valence-electron chi connectivity index (χ1n) is 5.04. The summed E-state index contributed by atoms with van der Waals surface area (Å²) in [7, 11) is 0. The third-order valence-electron chi connectivity index (χ3n) is 2.18. The highest BCUT2D eigenvalue weighted by Gasteiger charge is 2.04. The first-order valence-corrected chi connectivity index (χ1v) is 6.62. The average molecular weight is 288 g/mol. The Morgan fingerprint density at radius 1 is 1.12 bits per heavy atom. The van der Waals surface area contributed by atoms with Crippen molar-refractivity contribution in [3.05, 3.63) is 50.1 Å². The van der Waals surface area contributed by atoms with E-state index in [1.54, 1.807) is 29.5 Å². The molecular formula is C12H11Cl2NOS. The van der Waals surface area contributed by atoms with Crippen molar-refractivity contribution in [2.24, 2.45) is 5.73 Å². The lowest BCUT2D eigenvalue weighted by atomic mass is 10.3. The molecule has 0 atom stereocenters. The van der Waals surface area contributed by atoms with Crippen LogP contribution >= 0.6 is 34.5 Å². The molecule has 0 bridgehead atoms. The van der Waals surface area contributed by atoms with Crippen LogP contribution in [0.3, 0.4) is 0 Å². The van der Waals surface area contributed by atoms with E-state index in [2.05, 4.69) is 0 Å². The van der Waals surface area contributed by atoms with Crippen molar-refractivity contribution in [1.82, 2.24) is 0 Å². The first-order chi connectivity index (χ1) is 8.19. The van der Waals surface area contributed by atoms with Crippen LogP contribution in [0, 0.1) is 0 Å². The van der Waals surface area contributed by atoms with Gasteiger partial charge in [0.2, 0.25) is 0 Å². The highest BCUT2D eigenvalue weighted by atomic mass is 35.5. The average Bonchev–Trinajstić information content (AvgIpc) is 2.78. The SMILES string of the molecule is NCc1ccc(COc2cc(Cl)ccc2Cl)s1. The normalized spacial score (nSPS) is 10.5. The van der Waals surface area contributed by atoms with Crippen LogP contribution in [0.4, 0.5) is 0 Å². The Bertz CT molecular complexity index is 513. The van der Waals surface area contributed by atoms with Crippen molar-refractivity contribution in [1.29, 1.82) is 0 Å².